The molecule has 1 aliphatic heterocycles. The fourth-order valence-electron chi connectivity index (χ4n) is 2.75. The van der Waals surface area contributed by atoms with Gasteiger partial charge in [0, 0.05) is 42.0 Å². The van der Waals surface area contributed by atoms with Crippen LogP contribution in [0.3, 0.4) is 0 Å². The zero-order valence-corrected chi connectivity index (χ0v) is 13.4. The van der Waals surface area contributed by atoms with Crippen LogP contribution in [0.5, 0.6) is 0 Å². The summed E-state index contributed by atoms with van der Waals surface area (Å²) in [4.78, 5) is 16.6. The van der Waals surface area contributed by atoms with Crippen molar-refractivity contribution in [2.45, 2.75) is 19.8 Å². The third kappa shape index (κ3) is 3.54. The molecule has 0 spiro atoms. The molecule has 22 heavy (non-hydrogen) atoms. The molecule has 116 valence electrons. The standard InChI is InChI=1S/C17H20N2O2S/c1-12(13-6-9-21-10-7-13)16(20)19-15-4-2-14(3-5-15)17-18-8-11-22-17/h2-5,8,11-13H,6-7,9-10H2,1H3,(H,19,20). The fraction of sp³-hybridized carbons (Fsp3) is 0.412. The maximum Gasteiger partial charge on any atom is 0.227 e. The van der Waals surface area contributed by atoms with Gasteiger partial charge in [-0.05, 0) is 43.0 Å². The number of hydrogen-bond donors (Lipinski definition) is 1. The van der Waals surface area contributed by atoms with E-state index in [9.17, 15) is 4.79 Å². The Morgan fingerprint density at radius 3 is 2.68 bits per heavy atom. The van der Waals surface area contributed by atoms with Crippen LogP contribution in [-0.2, 0) is 9.53 Å². The average Bonchev–Trinajstić information content (AvgIpc) is 3.10. The second-order valence-corrected chi connectivity index (χ2v) is 6.54. The van der Waals surface area contributed by atoms with Crippen LogP contribution >= 0.6 is 11.3 Å². The maximum absolute atomic E-state index is 12.4. The number of carbonyl (C=O) groups is 1. The van der Waals surface area contributed by atoms with E-state index in [4.69, 9.17) is 4.74 Å². The lowest BCUT2D eigenvalue weighted by molar-refractivity contribution is -0.122. The summed E-state index contributed by atoms with van der Waals surface area (Å²) >= 11 is 1.61. The molecule has 0 bridgehead atoms. The summed E-state index contributed by atoms with van der Waals surface area (Å²) in [7, 11) is 0. The Labute approximate surface area is 134 Å². The van der Waals surface area contributed by atoms with E-state index in [2.05, 4.69) is 10.3 Å². The minimum atomic E-state index is 0.0162. The Balaban J connectivity index is 1.61. The Hall–Kier alpha value is -1.72. The van der Waals surface area contributed by atoms with E-state index < -0.39 is 0 Å². The van der Waals surface area contributed by atoms with Crippen molar-refractivity contribution in [3.63, 3.8) is 0 Å². The normalized spacial score (nSPS) is 17.1. The Morgan fingerprint density at radius 2 is 2.05 bits per heavy atom. The zero-order chi connectivity index (χ0) is 15.4. The SMILES string of the molecule is CC(C(=O)Nc1ccc(-c2nccs2)cc1)C1CCOCC1. The van der Waals surface area contributed by atoms with Gasteiger partial charge in [0.15, 0.2) is 0 Å². The molecule has 1 amide bonds. The lowest BCUT2D eigenvalue weighted by Gasteiger charge is -2.26. The molecule has 3 rings (SSSR count). The van der Waals surface area contributed by atoms with Gasteiger partial charge in [-0.25, -0.2) is 4.98 Å². The molecule has 2 aromatic rings. The minimum absolute atomic E-state index is 0.0162. The number of amides is 1. The summed E-state index contributed by atoms with van der Waals surface area (Å²) in [6.45, 7) is 3.55. The lowest BCUT2D eigenvalue weighted by atomic mass is 9.87. The molecule has 1 unspecified atom stereocenters. The first-order valence-corrected chi connectivity index (χ1v) is 8.50. The van der Waals surface area contributed by atoms with Crippen LogP contribution in [0.4, 0.5) is 5.69 Å². The lowest BCUT2D eigenvalue weighted by Crippen LogP contribution is -2.30. The van der Waals surface area contributed by atoms with Crippen LogP contribution in [0.1, 0.15) is 19.8 Å². The summed E-state index contributed by atoms with van der Waals surface area (Å²) in [5, 5.41) is 5.97. The number of ether oxygens (including phenoxy) is 1. The van der Waals surface area contributed by atoms with E-state index in [1.165, 1.54) is 0 Å². The predicted octanol–water partition coefficient (Wildman–Crippen LogP) is 3.81. The molecule has 4 nitrogen and oxygen atoms in total. The van der Waals surface area contributed by atoms with Gasteiger partial charge in [-0.3, -0.25) is 4.79 Å². The van der Waals surface area contributed by atoms with Crippen molar-refractivity contribution in [2.24, 2.45) is 11.8 Å². The molecule has 1 aromatic carbocycles. The number of rotatable bonds is 4. The minimum Gasteiger partial charge on any atom is -0.381 e. The molecular formula is C17H20N2O2S. The van der Waals surface area contributed by atoms with Crippen molar-refractivity contribution in [2.75, 3.05) is 18.5 Å². The van der Waals surface area contributed by atoms with Gasteiger partial charge in [0.05, 0.1) is 0 Å². The topological polar surface area (TPSA) is 51.2 Å². The van der Waals surface area contributed by atoms with Gasteiger partial charge in [-0.2, -0.15) is 0 Å². The number of anilines is 1. The van der Waals surface area contributed by atoms with Crippen LogP contribution in [0.25, 0.3) is 10.6 Å². The van der Waals surface area contributed by atoms with Crippen LogP contribution in [0, 0.1) is 11.8 Å². The van der Waals surface area contributed by atoms with Crippen LogP contribution < -0.4 is 5.32 Å². The summed E-state index contributed by atoms with van der Waals surface area (Å²) < 4.78 is 5.36. The Bertz CT molecular complexity index is 604. The van der Waals surface area contributed by atoms with Crippen molar-refractivity contribution in [3.8, 4) is 10.6 Å². The maximum atomic E-state index is 12.4. The van der Waals surface area contributed by atoms with Crippen molar-refractivity contribution in [1.29, 1.82) is 0 Å². The first-order chi connectivity index (χ1) is 10.7. The van der Waals surface area contributed by atoms with Gasteiger partial charge in [0.1, 0.15) is 5.01 Å². The van der Waals surface area contributed by atoms with E-state index in [1.807, 2.05) is 36.6 Å². The molecule has 1 saturated heterocycles. The number of nitrogens with zero attached hydrogens (tertiary/aromatic N) is 1. The highest BCUT2D eigenvalue weighted by Gasteiger charge is 2.25. The van der Waals surface area contributed by atoms with Gasteiger partial charge in [-0.15, -0.1) is 11.3 Å². The Kier molecular flexibility index (Phi) is 4.85. The largest absolute Gasteiger partial charge is 0.381 e. The Morgan fingerprint density at radius 1 is 1.32 bits per heavy atom. The van der Waals surface area contributed by atoms with E-state index in [-0.39, 0.29) is 11.8 Å². The van der Waals surface area contributed by atoms with Gasteiger partial charge >= 0.3 is 0 Å². The van der Waals surface area contributed by atoms with Crippen LogP contribution in [0.15, 0.2) is 35.8 Å². The zero-order valence-electron chi connectivity index (χ0n) is 12.6. The monoisotopic (exact) mass is 316 g/mol. The van der Waals surface area contributed by atoms with Gasteiger partial charge in [0.25, 0.3) is 0 Å². The average molecular weight is 316 g/mol. The molecule has 1 fully saturated rings. The van der Waals surface area contributed by atoms with E-state index in [0.29, 0.717) is 5.92 Å². The number of benzene rings is 1. The van der Waals surface area contributed by atoms with Gasteiger partial charge < -0.3 is 10.1 Å². The first-order valence-electron chi connectivity index (χ1n) is 7.62. The molecule has 5 heteroatoms. The van der Waals surface area contributed by atoms with E-state index in [0.717, 1.165) is 42.3 Å². The molecule has 2 heterocycles. The second kappa shape index (κ2) is 7.03. The predicted molar refractivity (Wildman–Crippen MR) is 88.9 cm³/mol. The third-order valence-electron chi connectivity index (χ3n) is 4.22. The van der Waals surface area contributed by atoms with E-state index in [1.54, 1.807) is 17.5 Å². The molecule has 1 atom stereocenters. The molecule has 0 radical (unpaired) electrons. The summed E-state index contributed by atoms with van der Waals surface area (Å²) in [6, 6.07) is 7.86. The molecular weight excluding hydrogens is 296 g/mol. The highest BCUT2D eigenvalue weighted by atomic mass is 32.1. The van der Waals surface area contributed by atoms with E-state index >= 15 is 0 Å². The van der Waals surface area contributed by atoms with Crippen LogP contribution in [-0.4, -0.2) is 24.1 Å². The summed E-state index contributed by atoms with van der Waals surface area (Å²) in [6.07, 6.45) is 3.74. The van der Waals surface area contributed by atoms with Crippen molar-refractivity contribution in [1.82, 2.24) is 4.98 Å². The molecule has 1 aliphatic rings. The first kappa shape index (κ1) is 15.2. The summed E-state index contributed by atoms with van der Waals surface area (Å²) in [5.74, 6) is 0.528. The third-order valence-corrected chi connectivity index (χ3v) is 5.04. The van der Waals surface area contributed by atoms with Gasteiger partial charge in [0.2, 0.25) is 5.91 Å². The highest BCUT2D eigenvalue weighted by molar-refractivity contribution is 7.13. The van der Waals surface area contributed by atoms with Crippen molar-refractivity contribution in [3.05, 3.63) is 35.8 Å². The number of hydrogen-bond acceptors (Lipinski definition) is 4. The van der Waals surface area contributed by atoms with Gasteiger partial charge in [-0.1, -0.05) is 6.92 Å². The van der Waals surface area contributed by atoms with Crippen molar-refractivity contribution < 1.29 is 9.53 Å². The van der Waals surface area contributed by atoms with Crippen molar-refractivity contribution >= 4 is 22.9 Å². The quantitative estimate of drug-likeness (QED) is 0.933. The second-order valence-electron chi connectivity index (χ2n) is 5.64. The number of carbonyl (C=O) groups excluding carboxylic acids is 1. The number of aromatic nitrogens is 1. The number of thiazole rings is 1. The fourth-order valence-corrected chi connectivity index (χ4v) is 3.39. The smallest absolute Gasteiger partial charge is 0.227 e. The molecule has 0 aliphatic carbocycles. The highest BCUT2D eigenvalue weighted by Crippen LogP contribution is 2.26. The molecule has 0 saturated carbocycles. The summed E-state index contributed by atoms with van der Waals surface area (Å²) in [5.41, 5.74) is 1.91. The molecule has 1 aromatic heterocycles. The van der Waals surface area contributed by atoms with Crippen LogP contribution in [0.2, 0.25) is 0 Å². The number of nitrogens with one attached hydrogen (secondary N) is 1. The molecule has 1 N–H and O–H groups in total.